The Morgan fingerprint density at radius 2 is 2.00 bits per heavy atom. The van der Waals surface area contributed by atoms with E-state index >= 15 is 0 Å². The monoisotopic (exact) mass is 411 g/mol. The lowest BCUT2D eigenvalue weighted by Crippen LogP contribution is -2.22. The van der Waals surface area contributed by atoms with Crippen molar-refractivity contribution in [1.82, 2.24) is 9.88 Å². The first-order chi connectivity index (χ1) is 15.2. The van der Waals surface area contributed by atoms with Crippen molar-refractivity contribution in [1.29, 1.82) is 0 Å². The Bertz CT molecular complexity index is 1300. The summed E-state index contributed by atoms with van der Waals surface area (Å²) in [7, 11) is 0. The van der Waals surface area contributed by atoms with Crippen molar-refractivity contribution in [2.24, 2.45) is 15.7 Å². The van der Waals surface area contributed by atoms with E-state index in [1.54, 1.807) is 6.21 Å². The van der Waals surface area contributed by atoms with E-state index in [0.29, 0.717) is 17.8 Å². The molecule has 0 unspecified atom stereocenters. The summed E-state index contributed by atoms with van der Waals surface area (Å²) in [5, 5.41) is 6.31. The van der Waals surface area contributed by atoms with Gasteiger partial charge in [0.15, 0.2) is 0 Å². The van der Waals surface area contributed by atoms with Crippen molar-refractivity contribution in [3.05, 3.63) is 77.5 Å². The fourth-order valence-electron chi connectivity index (χ4n) is 3.88. The molecule has 3 aromatic carbocycles. The molecule has 1 amide bonds. The number of benzene rings is 3. The number of fused-ring (bicyclic) bond motifs is 3. The maximum atomic E-state index is 13.1. The van der Waals surface area contributed by atoms with Gasteiger partial charge < -0.3 is 15.6 Å². The molecular weight excluding hydrogens is 386 g/mol. The highest BCUT2D eigenvalue weighted by Gasteiger charge is 2.16. The van der Waals surface area contributed by atoms with Gasteiger partial charge in [-0.1, -0.05) is 48.5 Å². The Hall–Kier alpha value is -3.77. The number of carbonyl (C=O) groups excluding carboxylic acids is 1. The van der Waals surface area contributed by atoms with E-state index < -0.39 is 0 Å². The van der Waals surface area contributed by atoms with Crippen LogP contribution < -0.4 is 11.1 Å². The number of carbonyl (C=O) groups is 1. The third-order valence-corrected chi connectivity index (χ3v) is 5.40. The van der Waals surface area contributed by atoms with Crippen LogP contribution >= 0.6 is 0 Å². The Morgan fingerprint density at radius 1 is 1.16 bits per heavy atom. The summed E-state index contributed by atoms with van der Waals surface area (Å²) in [5.74, 6) is -0.102. The largest absolute Gasteiger partial charge is 0.348 e. The Balaban J connectivity index is 1.61. The van der Waals surface area contributed by atoms with Gasteiger partial charge in [0.05, 0.1) is 23.4 Å². The first kappa shape index (κ1) is 20.5. The zero-order valence-electron chi connectivity index (χ0n) is 17.5. The molecule has 3 N–H and O–H groups in total. The summed E-state index contributed by atoms with van der Waals surface area (Å²) < 4.78 is 2.14. The number of nitrogens with one attached hydrogen (secondary N) is 1. The predicted molar refractivity (Wildman–Crippen MR) is 129 cm³/mol. The van der Waals surface area contributed by atoms with E-state index in [1.165, 1.54) is 0 Å². The van der Waals surface area contributed by atoms with Crippen LogP contribution in [0, 0.1) is 0 Å². The molecule has 0 atom stereocenters. The normalized spacial score (nSPS) is 11.4. The van der Waals surface area contributed by atoms with Crippen LogP contribution in [0.5, 0.6) is 0 Å². The Kier molecular flexibility index (Phi) is 5.91. The van der Waals surface area contributed by atoms with Crippen LogP contribution in [0.2, 0.25) is 0 Å². The summed E-state index contributed by atoms with van der Waals surface area (Å²) in [6, 6.07) is 18.1. The van der Waals surface area contributed by atoms with Crippen LogP contribution in [0.1, 0.15) is 28.4 Å². The van der Waals surface area contributed by atoms with Crippen molar-refractivity contribution in [2.75, 3.05) is 6.67 Å². The van der Waals surface area contributed by atoms with Crippen molar-refractivity contribution in [2.45, 2.75) is 20.0 Å². The zero-order valence-corrected chi connectivity index (χ0v) is 17.5. The van der Waals surface area contributed by atoms with Gasteiger partial charge in [-0.05, 0) is 30.7 Å². The Morgan fingerprint density at radius 3 is 2.77 bits per heavy atom. The van der Waals surface area contributed by atoms with Gasteiger partial charge in [-0.25, -0.2) is 0 Å². The average Bonchev–Trinajstić information content (AvgIpc) is 3.21. The SMILES string of the molecule is C=Nc1cc(CNC(=O)c2cn(CC)c3c2ccc2ccccc23)ccc1/C=N\CN. The molecule has 6 heteroatoms. The van der Waals surface area contributed by atoms with E-state index in [4.69, 9.17) is 5.73 Å². The van der Waals surface area contributed by atoms with Crippen LogP contribution in [0.15, 0.2) is 70.8 Å². The van der Waals surface area contributed by atoms with Gasteiger partial charge in [-0.3, -0.25) is 14.8 Å². The highest BCUT2D eigenvalue weighted by Crippen LogP contribution is 2.29. The van der Waals surface area contributed by atoms with Crippen molar-refractivity contribution < 1.29 is 4.79 Å². The van der Waals surface area contributed by atoms with Crippen molar-refractivity contribution in [3.8, 4) is 0 Å². The second-order valence-corrected chi connectivity index (χ2v) is 7.24. The molecule has 0 aliphatic rings. The molecule has 0 spiro atoms. The molecule has 0 radical (unpaired) electrons. The molecule has 0 saturated heterocycles. The van der Waals surface area contributed by atoms with Gasteiger partial charge in [0.2, 0.25) is 0 Å². The van der Waals surface area contributed by atoms with Gasteiger partial charge in [0, 0.05) is 41.8 Å². The molecule has 0 aliphatic heterocycles. The van der Waals surface area contributed by atoms with E-state index in [9.17, 15) is 4.79 Å². The smallest absolute Gasteiger partial charge is 0.253 e. The minimum absolute atomic E-state index is 0.102. The van der Waals surface area contributed by atoms with Gasteiger partial charge in [0.25, 0.3) is 5.91 Å². The van der Waals surface area contributed by atoms with Crippen molar-refractivity contribution in [3.63, 3.8) is 0 Å². The second kappa shape index (κ2) is 8.93. The summed E-state index contributed by atoms with van der Waals surface area (Å²) in [4.78, 5) is 21.2. The van der Waals surface area contributed by atoms with Gasteiger partial charge in [-0.2, -0.15) is 0 Å². The number of aryl methyl sites for hydroxylation is 1. The molecule has 1 aromatic heterocycles. The van der Waals surface area contributed by atoms with Crippen LogP contribution in [-0.4, -0.2) is 30.1 Å². The Labute approximate surface area is 181 Å². The van der Waals surface area contributed by atoms with E-state index in [1.807, 2.05) is 42.6 Å². The fourth-order valence-corrected chi connectivity index (χ4v) is 3.88. The summed E-state index contributed by atoms with van der Waals surface area (Å²) in [5.41, 5.74) is 9.67. The standard InChI is InChI=1S/C25H25N5O/c1-3-30-15-22(21-11-10-18-6-4-5-7-20(18)24(21)30)25(31)29-13-17-8-9-19(14-28-16-26)23(12-17)27-2/h4-12,14-15H,2-3,13,16,26H2,1H3,(H,29,31)/b28-14-. The van der Waals surface area contributed by atoms with E-state index in [-0.39, 0.29) is 12.6 Å². The second-order valence-electron chi connectivity index (χ2n) is 7.24. The maximum absolute atomic E-state index is 13.1. The van der Waals surface area contributed by atoms with Crippen LogP contribution in [0.3, 0.4) is 0 Å². The lowest BCUT2D eigenvalue weighted by molar-refractivity contribution is 0.0952. The zero-order chi connectivity index (χ0) is 21.8. The van der Waals surface area contributed by atoms with Crippen LogP contribution in [-0.2, 0) is 13.1 Å². The molecule has 4 aromatic rings. The molecule has 0 saturated carbocycles. The number of hydrogen-bond acceptors (Lipinski definition) is 4. The number of nitrogens with two attached hydrogens (primary N) is 1. The van der Waals surface area contributed by atoms with E-state index in [0.717, 1.165) is 39.3 Å². The predicted octanol–water partition coefficient (Wildman–Crippen LogP) is 4.41. The first-order valence-corrected chi connectivity index (χ1v) is 10.2. The summed E-state index contributed by atoms with van der Waals surface area (Å²) >= 11 is 0. The maximum Gasteiger partial charge on any atom is 0.253 e. The van der Waals surface area contributed by atoms with Gasteiger partial charge in [-0.15, -0.1) is 0 Å². The number of rotatable bonds is 7. The number of nitrogens with zero attached hydrogens (tertiary/aromatic N) is 3. The average molecular weight is 412 g/mol. The van der Waals surface area contributed by atoms with Crippen molar-refractivity contribution >= 4 is 46.2 Å². The van der Waals surface area contributed by atoms with Gasteiger partial charge in [0.1, 0.15) is 0 Å². The minimum Gasteiger partial charge on any atom is -0.348 e. The number of amides is 1. The molecule has 156 valence electrons. The number of aromatic nitrogens is 1. The third-order valence-electron chi connectivity index (χ3n) is 5.40. The molecule has 4 rings (SSSR count). The third kappa shape index (κ3) is 3.98. The minimum atomic E-state index is -0.102. The quantitative estimate of drug-likeness (QED) is 0.441. The number of hydrogen-bond donors (Lipinski definition) is 2. The number of aliphatic imine (C=N–C) groups is 2. The lowest BCUT2D eigenvalue weighted by atomic mass is 10.1. The molecule has 0 aliphatic carbocycles. The van der Waals surface area contributed by atoms with E-state index in [2.05, 4.69) is 51.7 Å². The summed E-state index contributed by atoms with van der Waals surface area (Å²) in [6.07, 6.45) is 3.62. The topological polar surface area (TPSA) is 84.8 Å². The lowest BCUT2D eigenvalue weighted by Gasteiger charge is -2.07. The summed E-state index contributed by atoms with van der Waals surface area (Å²) in [6.45, 7) is 7.11. The molecule has 31 heavy (non-hydrogen) atoms. The first-order valence-electron chi connectivity index (χ1n) is 10.2. The molecular formula is C25H25N5O. The van der Waals surface area contributed by atoms with Crippen LogP contribution in [0.4, 0.5) is 5.69 Å². The molecule has 0 bridgehead atoms. The highest BCUT2D eigenvalue weighted by molar-refractivity contribution is 6.14. The van der Waals surface area contributed by atoms with Crippen LogP contribution in [0.25, 0.3) is 21.7 Å². The highest BCUT2D eigenvalue weighted by atomic mass is 16.1. The van der Waals surface area contributed by atoms with Gasteiger partial charge >= 0.3 is 0 Å². The molecule has 0 fully saturated rings. The fraction of sp³-hybridized carbons (Fsp3) is 0.160. The molecule has 1 heterocycles. The molecule has 6 nitrogen and oxygen atoms in total.